The van der Waals surface area contributed by atoms with Crippen molar-refractivity contribution in [3.8, 4) is 0 Å². The summed E-state index contributed by atoms with van der Waals surface area (Å²) in [5.74, 6) is -1.36. The number of likely N-dealkylation sites (N-methyl/N-ethyl adjacent to an activating group) is 1. The fraction of sp³-hybridized carbons (Fsp3) is 0.517. The summed E-state index contributed by atoms with van der Waals surface area (Å²) in [6.07, 6.45) is 1.89. The molecule has 1 aliphatic heterocycles. The molecule has 1 saturated heterocycles. The number of amides is 2. The van der Waals surface area contributed by atoms with Crippen LogP contribution in [0.4, 0.5) is 15.2 Å². The Morgan fingerprint density at radius 1 is 1.17 bits per heavy atom. The lowest BCUT2D eigenvalue weighted by molar-refractivity contribution is -0.126. The van der Waals surface area contributed by atoms with E-state index in [9.17, 15) is 22.8 Å². The van der Waals surface area contributed by atoms with Gasteiger partial charge in [0.05, 0.1) is 23.6 Å². The lowest BCUT2D eigenvalue weighted by atomic mass is 9.96. The van der Waals surface area contributed by atoms with Gasteiger partial charge in [-0.25, -0.2) is 17.8 Å². The second-order valence-electron chi connectivity index (χ2n) is 10.9. The summed E-state index contributed by atoms with van der Waals surface area (Å²) in [5, 5.41) is 7.55. The van der Waals surface area contributed by atoms with Crippen molar-refractivity contribution in [3.63, 3.8) is 0 Å². The van der Waals surface area contributed by atoms with Gasteiger partial charge in [0.1, 0.15) is 29.2 Å². The van der Waals surface area contributed by atoms with Crippen LogP contribution in [0, 0.1) is 11.7 Å². The summed E-state index contributed by atoms with van der Waals surface area (Å²) in [7, 11) is -0.246. The second-order valence-corrected chi connectivity index (χ2v) is 14.9. The first kappa shape index (κ1) is 35.8. The monoisotopic (exact) mass is 698 g/mol. The van der Waals surface area contributed by atoms with Crippen molar-refractivity contribution >= 4 is 71.8 Å². The molecule has 0 atom stereocenters. The number of fused-ring (bicyclic) bond motifs is 1. The molecule has 0 aliphatic carbocycles. The number of thiophene rings is 1. The summed E-state index contributed by atoms with van der Waals surface area (Å²) in [6, 6.07) is 5.95. The minimum absolute atomic E-state index is 0.0000268. The number of nitrogens with one attached hydrogen (secondary N) is 2. The highest BCUT2D eigenvalue weighted by Gasteiger charge is 2.29. The van der Waals surface area contributed by atoms with Crippen LogP contribution >= 0.6 is 22.7 Å². The van der Waals surface area contributed by atoms with Crippen LogP contribution in [0.15, 0.2) is 33.9 Å². The average molecular weight is 699 g/mol. The quantitative estimate of drug-likeness (QED) is 0.150. The molecule has 13 nitrogen and oxygen atoms in total. The summed E-state index contributed by atoms with van der Waals surface area (Å²) in [5.41, 5.74) is 0.261. The van der Waals surface area contributed by atoms with E-state index in [-0.39, 0.29) is 71.2 Å². The number of aldehydes is 1. The Bertz CT molecular complexity index is 1560. The van der Waals surface area contributed by atoms with Crippen molar-refractivity contribution in [1.82, 2.24) is 20.1 Å². The fourth-order valence-electron chi connectivity index (χ4n) is 4.82. The minimum atomic E-state index is -3.91. The maximum absolute atomic E-state index is 15.3. The zero-order valence-corrected chi connectivity index (χ0v) is 28.2. The molecular weight excluding hydrogens is 660 g/mol. The SMILES string of the molecule is CN(C)CCN(c1cc(F)c2nc(NC(=O)C3CCN(CCNC(=O)COCCOCC=O)CC3)sc2c1)S(=O)(=O)c1cccs1. The maximum Gasteiger partial charge on any atom is 0.273 e. The number of piperidine rings is 1. The number of hydrogen-bond donors (Lipinski definition) is 2. The number of halogens is 1. The molecule has 1 aromatic carbocycles. The van der Waals surface area contributed by atoms with Gasteiger partial charge in [-0.2, -0.15) is 0 Å². The molecule has 4 rings (SSSR count). The molecule has 1 fully saturated rings. The summed E-state index contributed by atoms with van der Waals surface area (Å²) in [4.78, 5) is 43.5. The van der Waals surface area contributed by atoms with Gasteiger partial charge in [-0.15, -0.1) is 11.3 Å². The number of anilines is 2. The van der Waals surface area contributed by atoms with Gasteiger partial charge in [0.25, 0.3) is 10.0 Å². The van der Waals surface area contributed by atoms with E-state index in [0.29, 0.717) is 56.6 Å². The van der Waals surface area contributed by atoms with E-state index in [2.05, 4.69) is 20.5 Å². The normalized spacial score (nSPS) is 14.5. The number of nitrogens with zero attached hydrogens (tertiary/aromatic N) is 4. The molecule has 17 heteroatoms. The Hall–Kier alpha value is -3.06. The fourth-order valence-corrected chi connectivity index (χ4v) is 8.28. The van der Waals surface area contributed by atoms with Gasteiger partial charge in [-0.3, -0.25) is 13.9 Å². The van der Waals surface area contributed by atoms with Crippen LogP contribution in [0.1, 0.15) is 12.8 Å². The Labute approximate surface area is 275 Å². The minimum Gasteiger partial charge on any atom is -0.372 e. The van der Waals surface area contributed by atoms with Gasteiger partial charge < -0.3 is 34.7 Å². The molecule has 46 heavy (non-hydrogen) atoms. The summed E-state index contributed by atoms with van der Waals surface area (Å²) >= 11 is 2.20. The topological polar surface area (TPSA) is 150 Å². The first-order valence-electron chi connectivity index (χ1n) is 14.8. The third kappa shape index (κ3) is 9.97. The van der Waals surface area contributed by atoms with Crippen molar-refractivity contribution in [2.45, 2.75) is 17.1 Å². The van der Waals surface area contributed by atoms with Gasteiger partial charge in [-0.1, -0.05) is 17.4 Å². The highest BCUT2D eigenvalue weighted by Crippen LogP contribution is 2.35. The molecule has 252 valence electrons. The molecule has 0 unspecified atom stereocenters. The molecule has 0 radical (unpaired) electrons. The summed E-state index contributed by atoms with van der Waals surface area (Å²) in [6.45, 7) is 3.36. The second kappa shape index (κ2) is 17.2. The highest BCUT2D eigenvalue weighted by molar-refractivity contribution is 7.94. The van der Waals surface area contributed by atoms with E-state index in [4.69, 9.17) is 9.47 Å². The van der Waals surface area contributed by atoms with Crippen molar-refractivity contribution < 1.29 is 36.7 Å². The third-order valence-corrected chi connectivity index (χ3v) is 11.4. The van der Waals surface area contributed by atoms with Crippen molar-refractivity contribution in [1.29, 1.82) is 0 Å². The molecule has 3 heterocycles. The van der Waals surface area contributed by atoms with Gasteiger partial charge in [-0.05, 0) is 57.5 Å². The molecule has 2 amide bonds. The van der Waals surface area contributed by atoms with Gasteiger partial charge >= 0.3 is 0 Å². The smallest absolute Gasteiger partial charge is 0.273 e. The molecule has 2 aromatic heterocycles. The van der Waals surface area contributed by atoms with E-state index in [1.54, 1.807) is 17.5 Å². The van der Waals surface area contributed by atoms with Crippen LogP contribution in [-0.2, 0) is 33.9 Å². The lowest BCUT2D eigenvalue weighted by Crippen LogP contribution is -2.42. The van der Waals surface area contributed by atoms with E-state index < -0.39 is 15.8 Å². The number of sulfonamides is 1. The highest BCUT2D eigenvalue weighted by atomic mass is 32.2. The first-order chi connectivity index (χ1) is 22.1. The van der Waals surface area contributed by atoms with Gasteiger partial charge in [0.15, 0.2) is 10.9 Å². The lowest BCUT2D eigenvalue weighted by Gasteiger charge is -2.31. The molecule has 1 aliphatic rings. The van der Waals surface area contributed by atoms with Crippen LogP contribution in [0.5, 0.6) is 0 Å². The average Bonchev–Trinajstić information content (AvgIpc) is 3.70. The van der Waals surface area contributed by atoms with Crippen molar-refractivity contribution in [3.05, 3.63) is 35.5 Å². The van der Waals surface area contributed by atoms with E-state index in [1.807, 2.05) is 19.0 Å². The Balaban J connectivity index is 1.29. The molecule has 0 saturated carbocycles. The first-order valence-corrected chi connectivity index (χ1v) is 17.9. The maximum atomic E-state index is 15.3. The van der Waals surface area contributed by atoms with Gasteiger partial charge in [0, 0.05) is 38.2 Å². The molecule has 0 bridgehead atoms. The van der Waals surface area contributed by atoms with Gasteiger partial charge in [0.2, 0.25) is 11.8 Å². The summed E-state index contributed by atoms with van der Waals surface area (Å²) < 4.78 is 54.2. The molecule has 0 spiro atoms. The molecule has 2 N–H and O–H groups in total. The van der Waals surface area contributed by atoms with E-state index in [0.717, 1.165) is 22.7 Å². The van der Waals surface area contributed by atoms with Crippen LogP contribution in [0.2, 0.25) is 0 Å². The van der Waals surface area contributed by atoms with Crippen molar-refractivity contribution in [2.75, 3.05) is 89.4 Å². The molecule has 3 aromatic rings. The molecular formula is C29H39FN6O7S3. The Morgan fingerprint density at radius 2 is 1.93 bits per heavy atom. The number of carbonyl (C=O) groups is 3. The number of aromatic nitrogens is 1. The Morgan fingerprint density at radius 3 is 2.63 bits per heavy atom. The van der Waals surface area contributed by atoms with E-state index >= 15 is 4.39 Å². The number of ether oxygens (including phenoxy) is 2. The number of likely N-dealkylation sites (tertiary alicyclic amines) is 1. The van der Waals surface area contributed by atoms with Crippen LogP contribution < -0.4 is 14.9 Å². The zero-order valence-electron chi connectivity index (χ0n) is 25.8. The number of thiazole rings is 1. The number of rotatable bonds is 18. The number of carbonyl (C=O) groups excluding carboxylic acids is 3. The standard InChI is InChI=1S/C29H39FN6O7S3/c1-34(2)11-12-36(46(40,41)26-4-3-17-44-26)22-18-23(30)27-24(19-22)45-29(32-27)33-28(39)21-5-8-35(9-6-21)10-7-31-25(38)20-43-16-15-42-14-13-37/h3-4,13,17-19,21H,5-12,14-16,20H2,1-2H3,(H,31,38)(H,32,33,39). The number of hydrogen-bond acceptors (Lipinski definition) is 12. The predicted molar refractivity (Wildman–Crippen MR) is 175 cm³/mol. The van der Waals surface area contributed by atoms with E-state index in [1.165, 1.54) is 16.4 Å². The largest absolute Gasteiger partial charge is 0.372 e. The van der Waals surface area contributed by atoms with Crippen molar-refractivity contribution in [2.24, 2.45) is 5.92 Å². The zero-order chi connectivity index (χ0) is 33.1. The van der Waals surface area contributed by atoms with Crippen LogP contribution in [-0.4, -0.2) is 121 Å². The predicted octanol–water partition coefficient (Wildman–Crippen LogP) is 2.25. The Kier molecular flexibility index (Phi) is 13.4. The van der Waals surface area contributed by atoms with Crippen LogP contribution in [0.3, 0.4) is 0 Å². The van der Waals surface area contributed by atoms with Crippen LogP contribution in [0.25, 0.3) is 10.2 Å². The third-order valence-electron chi connectivity index (χ3n) is 7.24. The number of benzene rings is 1.